The van der Waals surface area contributed by atoms with Crippen LogP contribution in [0, 0.1) is 0 Å². The van der Waals surface area contributed by atoms with Crippen molar-refractivity contribution >= 4 is 5.57 Å². The minimum atomic E-state index is 0.191. The van der Waals surface area contributed by atoms with Gasteiger partial charge in [-0.15, -0.1) is 0 Å². The van der Waals surface area contributed by atoms with Gasteiger partial charge in [-0.05, 0) is 70.1 Å². The van der Waals surface area contributed by atoms with Gasteiger partial charge in [0, 0.05) is 28.4 Å². The SMILES string of the molecule is C=C(/C(=C\C)NC1=C=C=C(C)C=C1)N(C1=CC(c2nc(-c3ccccc3)nc(-c3ccccc3)n2)=CCC1)C(C)C. The first-order valence-corrected chi connectivity index (χ1v) is 14.0. The molecule has 1 aromatic heterocycles. The summed E-state index contributed by atoms with van der Waals surface area (Å²) in [6.45, 7) is 12.9. The van der Waals surface area contributed by atoms with Gasteiger partial charge < -0.3 is 10.2 Å². The molecule has 0 spiro atoms. The van der Waals surface area contributed by atoms with Gasteiger partial charge in [0.15, 0.2) is 17.5 Å². The van der Waals surface area contributed by atoms with Crippen molar-refractivity contribution in [3.8, 4) is 22.8 Å². The smallest absolute Gasteiger partial charge is 0.164 e. The number of nitrogens with zero attached hydrogens (tertiary/aromatic N) is 4. The summed E-state index contributed by atoms with van der Waals surface area (Å²) in [4.78, 5) is 17.0. The van der Waals surface area contributed by atoms with Crippen LogP contribution in [0.3, 0.4) is 0 Å². The maximum atomic E-state index is 4.94. The third-order valence-electron chi connectivity index (χ3n) is 6.92. The van der Waals surface area contributed by atoms with E-state index in [9.17, 15) is 0 Å². The summed E-state index contributed by atoms with van der Waals surface area (Å²) in [5.41, 5.74) is 14.1. The lowest BCUT2D eigenvalue weighted by Crippen LogP contribution is -2.33. The van der Waals surface area contributed by atoms with E-state index in [1.165, 1.54) is 5.70 Å². The van der Waals surface area contributed by atoms with Gasteiger partial charge in [-0.3, -0.25) is 0 Å². The van der Waals surface area contributed by atoms with E-state index in [1.807, 2.05) is 86.7 Å². The molecule has 0 aliphatic heterocycles. The minimum absolute atomic E-state index is 0.191. The molecule has 1 N–H and O–H groups in total. The second-order valence-electron chi connectivity index (χ2n) is 10.3. The monoisotopic (exact) mass is 537 g/mol. The molecular weight excluding hydrogens is 502 g/mol. The largest absolute Gasteiger partial charge is 0.347 e. The molecule has 1 heterocycles. The van der Waals surface area contributed by atoms with Gasteiger partial charge in [0.2, 0.25) is 0 Å². The Morgan fingerprint density at radius 2 is 1.51 bits per heavy atom. The van der Waals surface area contributed by atoms with Gasteiger partial charge in [0.25, 0.3) is 0 Å². The van der Waals surface area contributed by atoms with Gasteiger partial charge in [-0.2, -0.15) is 0 Å². The molecule has 0 fully saturated rings. The summed E-state index contributed by atoms with van der Waals surface area (Å²) in [5, 5.41) is 3.48. The highest BCUT2D eigenvalue weighted by atomic mass is 15.2. The second kappa shape index (κ2) is 12.5. The molecule has 0 saturated carbocycles. The zero-order chi connectivity index (χ0) is 28.8. The molecule has 204 valence electrons. The average Bonchev–Trinajstić information content (AvgIpc) is 3.01. The van der Waals surface area contributed by atoms with E-state index >= 15 is 0 Å². The Morgan fingerprint density at radius 1 is 0.902 bits per heavy atom. The number of nitrogens with one attached hydrogen (secondary N) is 1. The van der Waals surface area contributed by atoms with Gasteiger partial charge in [-0.1, -0.05) is 85.1 Å². The molecule has 0 atom stereocenters. The van der Waals surface area contributed by atoms with Crippen LogP contribution in [0.2, 0.25) is 0 Å². The zero-order valence-electron chi connectivity index (χ0n) is 24.1. The molecule has 41 heavy (non-hydrogen) atoms. The number of hydrogen-bond acceptors (Lipinski definition) is 5. The Morgan fingerprint density at radius 3 is 2.05 bits per heavy atom. The standard InChI is InChI=1S/C36H35N5/c1-6-33(37-31-22-20-26(4)21-23-31)27(5)41(25(2)3)32-19-13-18-30(24-32)36-39-34(28-14-9-7-10-15-28)38-35(40-36)29-16-11-8-12-17-29/h6-12,14-18,20,22,24-25,37H,5,13,19H2,1-4H3/b33-6+. The van der Waals surface area contributed by atoms with E-state index in [2.05, 4.69) is 60.3 Å². The molecule has 2 aromatic carbocycles. The summed E-state index contributed by atoms with van der Waals surface area (Å²) in [6.07, 6.45) is 12.3. The normalized spacial score (nSPS) is 14.7. The van der Waals surface area contributed by atoms with Crippen LogP contribution >= 0.6 is 0 Å². The lowest BCUT2D eigenvalue weighted by molar-refractivity contribution is 0.345. The predicted molar refractivity (Wildman–Crippen MR) is 168 cm³/mol. The fourth-order valence-electron chi connectivity index (χ4n) is 4.90. The number of aromatic nitrogens is 3. The molecule has 5 heteroatoms. The van der Waals surface area contributed by atoms with Crippen LogP contribution in [-0.2, 0) is 0 Å². The Kier molecular flexibility index (Phi) is 8.41. The zero-order valence-corrected chi connectivity index (χ0v) is 24.1. The van der Waals surface area contributed by atoms with Gasteiger partial charge >= 0.3 is 0 Å². The average molecular weight is 538 g/mol. The van der Waals surface area contributed by atoms with E-state index < -0.39 is 0 Å². The van der Waals surface area contributed by atoms with Crippen LogP contribution in [0.15, 0.2) is 137 Å². The van der Waals surface area contributed by atoms with E-state index in [4.69, 9.17) is 15.0 Å². The molecular formula is C36H35N5. The Bertz CT molecular complexity index is 1620. The predicted octanol–water partition coefficient (Wildman–Crippen LogP) is 8.14. The molecule has 3 aromatic rings. The maximum absolute atomic E-state index is 4.94. The summed E-state index contributed by atoms with van der Waals surface area (Å²) in [7, 11) is 0. The number of benzene rings is 2. The summed E-state index contributed by atoms with van der Waals surface area (Å²) >= 11 is 0. The lowest BCUT2D eigenvalue weighted by Gasteiger charge is -2.35. The van der Waals surface area contributed by atoms with Crippen LogP contribution in [0.1, 0.15) is 46.4 Å². The molecule has 0 unspecified atom stereocenters. The van der Waals surface area contributed by atoms with Crippen molar-refractivity contribution in [1.82, 2.24) is 25.2 Å². The first-order valence-electron chi connectivity index (χ1n) is 14.0. The molecule has 0 amide bonds. The van der Waals surface area contributed by atoms with E-state index in [-0.39, 0.29) is 6.04 Å². The molecule has 0 bridgehead atoms. The van der Waals surface area contributed by atoms with Crippen molar-refractivity contribution in [2.45, 2.75) is 46.6 Å². The van der Waals surface area contributed by atoms with Crippen LogP contribution in [0.5, 0.6) is 0 Å². The first kappa shape index (κ1) is 27.6. The highest BCUT2D eigenvalue weighted by molar-refractivity contribution is 5.74. The summed E-state index contributed by atoms with van der Waals surface area (Å²) in [6, 6.07) is 20.3. The second-order valence-corrected chi connectivity index (χ2v) is 10.3. The van der Waals surface area contributed by atoms with Gasteiger partial charge in [0.1, 0.15) is 0 Å². The van der Waals surface area contributed by atoms with Crippen LogP contribution in [0.25, 0.3) is 28.3 Å². The molecule has 0 radical (unpaired) electrons. The molecule has 5 rings (SSSR count). The third-order valence-corrected chi connectivity index (χ3v) is 6.92. The maximum Gasteiger partial charge on any atom is 0.164 e. The van der Waals surface area contributed by atoms with Crippen LogP contribution < -0.4 is 5.32 Å². The molecule has 5 nitrogen and oxygen atoms in total. The fourth-order valence-corrected chi connectivity index (χ4v) is 4.90. The number of hydrogen-bond donors (Lipinski definition) is 1. The molecule has 2 aliphatic rings. The van der Waals surface area contributed by atoms with Crippen molar-refractivity contribution in [2.24, 2.45) is 0 Å². The van der Waals surface area contributed by atoms with Crippen molar-refractivity contribution in [2.75, 3.05) is 0 Å². The Labute approximate surface area is 243 Å². The van der Waals surface area contributed by atoms with Crippen LogP contribution in [0.4, 0.5) is 0 Å². The van der Waals surface area contributed by atoms with Gasteiger partial charge in [-0.25, -0.2) is 15.0 Å². The first-order chi connectivity index (χ1) is 19.9. The van der Waals surface area contributed by atoms with Crippen molar-refractivity contribution < 1.29 is 0 Å². The van der Waals surface area contributed by atoms with Gasteiger partial charge in [0.05, 0.1) is 17.1 Å². The third kappa shape index (κ3) is 6.45. The van der Waals surface area contributed by atoms with Crippen molar-refractivity contribution in [3.05, 3.63) is 143 Å². The van der Waals surface area contributed by atoms with Crippen molar-refractivity contribution in [1.29, 1.82) is 0 Å². The van der Waals surface area contributed by atoms with E-state index in [0.29, 0.717) is 17.5 Å². The number of rotatable bonds is 9. The highest BCUT2D eigenvalue weighted by Gasteiger charge is 2.23. The molecule has 2 aliphatic carbocycles. The minimum Gasteiger partial charge on any atom is -0.347 e. The Hall–Kier alpha value is -4.95. The fraction of sp³-hybridized carbons (Fsp3) is 0.194. The highest BCUT2D eigenvalue weighted by Crippen LogP contribution is 2.32. The van der Waals surface area contributed by atoms with E-state index in [1.54, 1.807) is 0 Å². The number of allylic oxidation sites excluding steroid dienone is 8. The van der Waals surface area contributed by atoms with E-state index in [0.717, 1.165) is 52.2 Å². The topological polar surface area (TPSA) is 53.9 Å². The van der Waals surface area contributed by atoms with Crippen LogP contribution in [-0.4, -0.2) is 25.9 Å². The summed E-state index contributed by atoms with van der Waals surface area (Å²) < 4.78 is 0. The quantitative estimate of drug-likeness (QED) is 0.221. The molecule has 0 saturated heterocycles. The Balaban J connectivity index is 1.51. The summed E-state index contributed by atoms with van der Waals surface area (Å²) in [5.74, 6) is 1.98. The lowest BCUT2D eigenvalue weighted by atomic mass is 10.0. The van der Waals surface area contributed by atoms with Crippen molar-refractivity contribution in [3.63, 3.8) is 0 Å².